The van der Waals surface area contributed by atoms with Crippen LogP contribution in [-0.2, 0) is 19.4 Å². The molecule has 0 amide bonds. The van der Waals surface area contributed by atoms with Gasteiger partial charge in [-0.05, 0) is 60.8 Å². The molecular weight excluding hydrogens is 424 g/mol. The van der Waals surface area contributed by atoms with Gasteiger partial charge in [-0.3, -0.25) is 5.10 Å². The van der Waals surface area contributed by atoms with Crippen LogP contribution in [0.3, 0.4) is 0 Å². The van der Waals surface area contributed by atoms with Crippen molar-refractivity contribution >= 4 is 18.4 Å². The summed E-state index contributed by atoms with van der Waals surface area (Å²) in [5, 5.41) is 19.3. The first-order valence-electron chi connectivity index (χ1n) is 10.4. The van der Waals surface area contributed by atoms with Crippen molar-refractivity contribution in [1.29, 1.82) is 0 Å². The van der Waals surface area contributed by atoms with Crippen LogP contribution in [0, 0.1) is 4.77 Å². The molecule has 0 bridgehead atoms. The molecule has 9 heteroatoms. The van der Waals surface area contributed by atoms with Crippen LogP contribution in [0.1, 0.15) is 28.8 Å². The van der Waals surface area contributed by atoms with Crippen LogP contribution in [0.15, 0.2) is 53.6 Å². The zero-order chi connectivity index (χ0) is 21.9. The number of benzene rings is 2. The Morgan fingerprint density at radius 2 is 1.97 bits per heavy atom. The van der Waals surface area contributed by atoms with Crippen molar-refractivity contribution in [2.24, 2.45) is 5.10 Å². The monoisotopic (exact) mass is 446 g/mol. The maximum Gasteiger partial charge on any atom is 0.216 e. The molecule has 0 aliphatic heterocycles. The minimum absolute atomic E-state index is 0.403. The topological polar surface area (TPSA) is 93.1 Å². The van der Waals surface area contributed by atoms with Crippen LogP contribution >= 0.6 is 12.2 Å². The predicted molar refractivity (Wildman–Crippen MR) is 124 cm³/mol. The van der Waals surface area contributed by atoms with Crippen LogP contribution in [0.5, 0.6) is 11.5 Å². The highest BCUT2D eigenvalue weighted by molar-refractivity contribution is 7.71. The molecule has 0 saturated heterocycles. The summed E-state index contributed by atoms with van der Waals surface area (Å²) in [4.78, 5) is 0. The number of nitrogens with zero attached hydrogens (tertiary/aromatic N) is 4. The summed E-state index contributed by atoms with van der Waals surface area (Å²) in [7, 11) is 1.62. The summed E-state index contributed by atoms with van der Waals surface area (Å²) < 4.78 is 13.4. The Morgan fingerprint density at radius 3 is 2.81 bits per heavy atom. The maximum absolute atomic E-state index is 5.93. The van der Waals surface area contributed by atoms with Crippen molar-refractivity contribution in [2.75, 3.05) is 7.11 Å². The minimum Gasteiger partial charge on any atom is -0.493 e. The number of hydrogen-bond donors (Lipinski definition) is 2. The summed E-state index contributed by atoms with van der Waals surface area (Å²) in [6.07, 6.45) is 4.82. The second kappa shape index (κ2) is 8.80. The molecule has 2 heterocycles. The van der Waals surface area contributed by atoms with Gasteiger partial charge < -0.3 is 9.47 Å². The van der Waals surface area contributed by atoms with Crippen molar-refractivity contribution in [1.82, 2.24) is 25.1 Å². The molecule has 162 valence electrons. The lowest BCUT2D eigenvalue weighted by molar-refractivity contribution is 0.284. The fraction of sp³-hybridized carbons (Fsp3) is 0.217. The van der Waals surface area contributed by atoms with Gasteiger partial charge in [0.2, 0.25) is 10.6 Å². The van der Waals surface area contributed by atoms with E-state index in [1.165, 1.54) is 11.3 Å². The Bertz CT molecular complexity index is 1320. The molecule has 0 unspecified atom stereocenters. The number of H-pyrrole nitrogens is 2. The lowest BCUT2D eigenvalue weighted by Gasteiger charge is -2.11. The SMILES string of the molecule is COc1cc(/C=N\n2c(-c3n[nH]c4c3CCC4)n[nH]c2=S)ccc1OCc1ccccc1. The molecular formula is C23H22N6O2S. The van der Waals surface area contributed by atoms with Crippen LogP contribution in [-0.4, -0.2) is 38.4 Å². The van der Waals surface area contributed by atoms with Gasteiger partial charge in [0.15, 0.2) is 11.5 Å². The van der Waals surface area contributed by atoms with Crippen LogP contribution < -0.4 is 9.47 Å². The van der Waals surface area contributed by atoms with Gasteiger partial charge in [0.1, 0.15) is 12.3 Å². The third-order valence-electron chi connectivity index (χ3n) is 5.42. The molecule has 2 aromatic carbocycles. The molecule has 2 N–H and O–H groups in total. The average Bonchev–Trinajstić information content (AvgIpc) is 3.53. The van der Waals surface area contributed by atoms with Gasteiger partial charge in [-0.2, -0.15) is 20.0 Å². The summed E-state index contributed by atoms with van der Waals surface area (Å²) in [6, 6.07) is 15.7. The van der Waals surface area contributed by atoms with E-state index in [9.17, 15) is 0 Å². The first-order chi connectivity index (χ1) is 15.7. The van der Waals surface area contributed by atoms with Crippen molar-refractivity contribution in [3.63, 3.8) is 0 Å². The smallest absolute Gasteiger partial charge is 0.216 e. The van der Waals surface area contributed by atoms with E-state index in [4.69, 9.17) is 21.7 Å². The Balaban J connectivity index is 1.38. The first-order valence-corrected chi connectivity index (χ1v) is 10.8. The van der Waals surface area contributed by atoms with Crippen LogP contribution in [0.2, 0.25) is 0 Å². The number of methoxy groups -OCH3 is 1. The molecule has 5 rings (SSSR count). The Labute approximate surface area is 189 Å². The van der Waals surface area contributed by atoms with Gasteiger partial charge in [0, 0.05) is 11.3 Å². The lowest BCUT2D eigenvalue weighted by atomic mass is 10.2. The molecule has 2 aromatic heterocycles. The van der Waals surface area contributed by atoms with E-state index in [2.05, 4.69) is 25.5 Å². The normalized spacial score (nSPS) is 12.9. The van der Waals surface area contributed by atoms with Crippen molar-refractivity contribution in [3.8, 4) is 23.0 Å². The number of hydrogen-bond acceptors (Lipinski definition) is 6. The van der Waals surface area contributed by atoms with Gasteiger partial charge in [-0.1, -0.05) is 30.3 Å². The number of nitrogens with one attached hydrogen (secondary N) is 2. The highest BCUT2D eigenvalue weighted by Gasteiger charge is 2.23. The number of aryl methyl sites for hydroxylation is 1. The summed E-state index contributed by atoms with van der Waals surface area (Å²) in [6.45, 7) is 0.464. The van der Waals surface area contributed by atoms with Crippen LogP contribution in [0.4, 0.5) is 0 Å². The number of ether oxygens (including phenoxy) is 2. The van der Waals surface area contributed by atoms with E-state index in [0.717, 1.165) is 36.1 Å². The maximum atomic E-state index is 5.93. The molecule has 8 nitrogen and oxygen atoms in total. The molecule has 0 fully saturated rings. The Morgan fingerprint density at radius 1 is 1.09 bits per heavy atom. The van der Waals surface area contributed by atoms with Gasteiger partial charge >= 0.3 is 0 Å². The lowest BCUT2D eigenvalue weighted by Crippen LogP contribution is -1.99. The molecule has 4 aromatic rings. The van der Waals surface area contributed by atoms with E-state index >= 15 is 0 Å². The standard InChI is InChI=1S/C23H22N6O2S/c1-30-20-12-16(10-11-19(20)31-14-15-6-3-2-4-7-15)13-24-29-22(27-28-23(29)32)21-17-8-5-9-18(17)25-26-21/h2-4,6-7,10-13H,5,8-9,14H2,1H3,(H,25,26)(H,28,32)/b24-13-. The third kappa shape index (κ3) is 3.94. The molecule has 0 radical (unpaired) electrons. The van der Waals surface area contributed by atoms with E-state index in [1.54, 1.807) is 18.0 Å². The van der Waals surface area contributed by atoms with Gasteiger partial charge in [0.25, 0.3) is 0 Å². The van der Waals surface area contributed by atoms with E-state index in [0.29, 0.717) is 28.7 Å². The summed E-state index contributed by atoms with van der Waals surface area (Å²) in [5.74, 6) is 1.90. The molecule has 32 heavy (non-hydrogen) atoms. The van der Waals surface area contributed by atoms with Gasteiger partial charge in [-0.15, -0.1) is 0 Å². The Hall–Kier alpha value is -3.72. The highest BCUT2D eigenvalue weighted by Crippen LogP contribution is 2.30. The largest absolute Gasteiger partial charge is 0.493 e. The fourth-order valence-corrected chi connectivity index (χ4v) is 3.98. The summed E-state index contributed by atoms with van der Waals surface area (Å²) in [5.41, 5.74) is 5.09. The molecule has 0 saturated carbocycles. The minimum atomic E-state index is 0.403. The molecule has 0 atom stereocenters. The predicted octanol–water partition coefficient (Wildman–Crippen LogP) is 4.29. The Kier molecular flexibility index (Phi) is 5.55. The second-order valence-electron chi connectivity index (χ2n) is 7.48. The molecule has 1 aliphatic rings. The zero-order valence-electron chi connectivity index (χ0n) is 17.5. The van der Waals surface area contributed by atoms with Gasteiger partial charge in [0.05, 0.1) is 13.3 Å². The quantitative estimate of drug-likeness (QED) is 0.326. The molecule has 0 spiro atoms. The van der Waals surface area contributed by atoms with Gasteiger partial charge in [-0.25, -0.2) is 5.10 Å². The van der Waals surface area contributed by atoms with E-state index < -0.39 is 0 Å². The summed E-state index contributed by atoms with van der Waals surface area (Å²) >= 11 is 5.39. The van der Waals surface area contributed by atoms with E-state index in [-0.39, 0.29) is 0 Å². The fourth-order valence-electron chi connectivity index (χ4n) is 3.80. The number of fused-ring (bicyclic) bond motifs is 1. The highest BCUT2D eigenvalue weighted by atomic mass is 32.1. The first kappa shape index (κ1) is 20.2. The number of aromatic amines is 2. The van der Waals surface area contributed by atoms with Crippen LogP contribution in [0.25, 0.3) is 11.5 Å². The third-order valence-corrected chi connectivity index (χ3v) is 5.68. The zero-order valence-corrected chi connectivity index (χ0v) is 18.4. The van der Waals surface area contributed by atoms with Crippen molar-refractivity contribution < 1.29 is 9.47 Å². The van der Waals surface area contributed by atoms with Crippen molar-refractivity contribution in [2.45, 2.75) is 25.9 Å². The second-order valence-corrected chi connectivity index (χ2v) is 7.86. The van der Waals surface area contributed by atoms with Crippen molar-refractivity contribution in [3.05, 3.63) is 75.7 Å². The number of rotatable bonds is 7. The number of aromatic nitrogens is 5. The van der Waals surface area contributed by atoms with E-state index in [1.807, 2.05) is 48.5 Å². The average molecular weight is 447 g/mol. The molecule has 1 aliphatic carbocycles.